The molecule has 1 heterocycles. The number of rotatable bonds is 4. The van der Waals surface area contributed by atoms with Crippen LogP contribution in [-0.2, 0) is 18.3 Å². The molecule has 96 valence electrons. The first-order valence-corrected chi connectivity index (χ1v) is 6.11. The third kappa shape index (κ3) is 2.53. The third-order valence-electron chi connectivity index (χ3n) is 3.18. The Morgan fingerprint density at radius 3 is 2.89 bits per heavy atom. The van der Waals surface area contributed by atoms with Gasteiger partial charge in [0.05, 0.1) is 11.0 Å². The topological polar surface area (TPSA) is 55.1 Å². The van der Waals surface area contributed by atoms with Crippen molar-refractivity contribution in [1.29, 1.82) is 0 Å². The first-order valence-electron chi connectivity index (χ1n) is 6.11. The molecule has 0 radical (unpaired) electrons. The molecule has 0 saturated carbocycles. The average Bonchev–Trinajstić information content (AvgIpc) is 2.54. The van der Waals surface area contributed by atoms with Crippen molar-refractivity contribution < 1.29 is 9.90 Å². The highest BCUT2D eigenvalue weighted by molar-refractivity contribution is 5.76. The molecule has 0 saturated heterocycles. The third-order valence-corrected chi connectivity index (χ3v) is 3.18. The second-order valence-corrected chi connectivity index (χ2v) is 4.99. The summed E-state index contributed by atoms with van der Waals surface area (Å²) in [6.45, 7) is 3.99. The zero-order chi connectivity index (χ0) is 13.3. The molecular formula is C14H18N2O2. The van der Waals surface area contributed by atoms with Gasteiger partial charge in [0.2, 0.25) is 0 Å². The number of fused-ring (bicyclic) bond motifs is 1. The van der Waals surface area contributed by atoms with Crippen molar-refractivity contribution in [3.63, 3.8) is 0 Å². The van der Waals surface area contributed by atoms with Gasteiger partial charge in [-0.05, 0) is 30.5 Å². The fourth-order valence-electron chi connectivity index (χ4n) is 2.22. The molecule has 0 bridgehead atoms. The summed E-state index contributed by atoms with van der Waals surface area (Å²) in [5.41, 5.74) is 3.26. The van der Waals surface area contributed by atoms with E-state index in [2.05, 4.69) is 23.2 Å². The van der Waals surface area contributed by atoms with Crippen LogP contribution in [0.25, 0.3) is 11.0 Å². The van der Waals surface area contributed by atoms with E-state index in [1.54, 1.807) is 0 Å². The Morgan fingerprint density at radius 2 is 2.22 bits per heavy atom. The highest BCUT2D eigenvalue weighted by atomic mass is 16.4. The van der Waals surface area contributed by atoms with Crippen molar-refractivity contribution in [2.24, 2.45) is 13.0 Å². The number of aromatic nitrogens is 2. The first kappa shape index (κ1) is 12.6. The van der Waals surface area contributed by atoms with Crippen LogP contribution < -0.4 is 0 Å². The maximum atomic E-state index is 10.7. The smallest absolute Gasteiger partial charge is 0.303 e. The normalized spacial score (nSPS) is 12.8. The minimum absolute atomic E-state index is 0.0964. The van der Waals surface area contributed by atoms with Crippen LogP contribution in [-0.4, -0.2) is 20.6 Å². The standard InChI is InChI=1S/C14H18N2O2/c1-9-4-5-12-11(6-9)15-13(16(12)3)7-10(2)8-14(17)18/h4-6,10H,7-8H2,1-3H3,(H,17,18). The van der Waals surface area contributed by atoms with Gasteiger partial charge in [-0.3, -0.25) is 4.79 Å². The molecule has 0 aliphatic carbocycles. The molecule has 2 rings (SSSR count). The van der Waals surface area contributed by atoms with Crippen LogP contribution in [0.1, 0.15) is 24.7 Å². The lowest BCUT2D eigenvalue weighted by Gasteiger charge is -2.08. The van der Waals surface area contributed by atoms with Crippen LogP contribution in [0, 0.1) is 12.8 Å². The van der Waals surface area contributed by atoms with Gasteiger partial charge in [-0.2, -0.15) is 0 Å². The summed E-state index contributed by atoms with van der Waals surface area (Å²) in [4.78, 5) is 15.3. The van der Waals surface area contributed by atoms with Crippen LogP contribution in [0.2, 0.25) is 0 Å². The Kier molecular flexibility index (Phi) is 3.36. The summed E-state index contributed by atoms with van der Waals surface area (Å²) in [6.07, 6.45) is 0.874. The molecule has 1 aromatic carbocycles. The minimum Gasteiger partial charge on any atom is -0.481 e. The molecule has 4 nitrogen and oxygen atoms in total. The fourth-order valence-corrected chi connectivity index (χ4v) is 2.22. The summed E-state index contributed by atoms with van der Waals surface area (Å²) in [5, 5.41) is 8.78. The Morgan fingerprint density at radius 1 is 1.50 bits per heavy atom. The number of carboxylic acids is 1. The van der Waals surface area contributed by atoms with Gasteiger partial charge in [-0.15, -0.1) is 0 Å². The maximum absolute atomic E-state index is 10.7. The lowest BCUT2D eigenvalue weighted by atomic mass is 10.0. The van der Waals surface area contributed by atoms with Crippen molar-refractivity contribution in [2.45, 2.75) is 26.7 Å². The number of imidazole rings is 1. The van der Waals surface area contributed by atoms with Crippen LogP contribution in [0.5, 0.6) is 0 Å². The summed E-state index contributed by atoms with van der Waals surface area (Å²) < 4.78 is 2.05. The molecule has 1 unspecified atom stereocenters. The van der Waals surface area contributed by atoms with Gasteiger partial charge in [-0.25, -0.2) is 4.98 Å². The second kappa shape index (κ2) is 4.80. The van der Waals surface area contributed by atoms with E-state index in [0.29, 0.717) is 6.42 Å². The molecule has 18 heavy (non-hydrogen) atoms. The van der Waals surface area contributed by atoms with Crippen molar-refractivity contribution in [1.82, 2.24) is 9.55 Å². The zero-order valence-corrected chi connectivity index (χ0v) is 11.0. The maximum Gasteiger partial charge on any atom is 0.303 e. The molecule has 0 fully saturated rings. The van der Waals surface area contributed by atoms with E-state index in [-0.39, 0.29) is 12.3 Å². The number of hydrogen-bond donors (Lipinski definition) is 1. The van der Waals surface area contributed by atoms with Gasteiger partial charge in [0, 0.05) is 19.9 Å². The van der Waals surface area contributed by atoms with E-state index in [1.807, 2.05) is 25.5 Å². The van der Waals surface area contributed by atoms with E-state index < -0.39 is 5.97 Å². The van der Waals surface area contributed by atoms with Gasteiger partial charge in [0.1, 0.15) is 5.82 Å². The zero-order valence-electron chi connectivity index (χ0n) is 11.0. The van der Waals surface area contributed by atoms with E-state index in [9.17, 15) is 4.79 Å². The Hall–Kier alpha value is -1.84. The molecule has 1 atom stereocenters. The average molecular weight is 246 g/mol. The van der Waals surface area contributed by atoms with E-state index in [4.69, 9.17) is 5.11 Å². The first-order chi connectivity index (χ1) is 8.47. The van der Waals surface area contributed by atoms with Crippen molar-refractivity contribution in [3.8, 4) is 0 Å². The summed E-state index contributed by atoms with van der Waals surface area (Å²) in [6, 6.07) is 6.18. The van der Waals surface area contributed by atoms with Crippen LogP contribution in [0.4, 0.5) is 0 Å². The number of carboxylic acid groups (broad SMARTS) is 1. The number of aryl methyl sites for hydroxylation is 2. The Bertz CT molecular complexity index is 587. The number of aliphatic carboxylic acids is 1. The van der Waals surface area contributed by atoms with Crippen molar-refractivity contribution in [2.75, 3.05) is 0 Å². The molecule has 0 amide bonds. The SMILES string of the molecule is Cc1ccc2c(c1)nc(CC(C)CC(=O)O)n2C. The monoisotopic (exact) mass is 246 g/mol. The summed E-state index contributed by atoms with van der Waals surface area (Å²) in [5.74, 6) is 0.292. The van der Waals surface area contributed by atoms with Gasteiger partial charge in [0.25, 0.3) is 0 Å². The second-order valence-electron chi connectivity index (χ2n) is 4.99. The molecule has 0 spiro atoms. The van der Waals surface area contributed by atoms with Crippen LogP contribution >= 0.6 is 0 Å². The van der Waals surface area contributed by atoms with Gasteiger partial charge in [0.15, 0.2) is 0 Å². The highest BCUT2D eigenvalue weighted by Gasteiger charge is 2.13. The lowest BCUT2D eigenvalue weighted by molar-refractivity contribution is -0.137. The molecule has 1 N–H and O–H groups in total. The van der Waals surface area contributed by atoms with Crippen LogP contribution in [0.3, 0.4) is 0 Å². The highest BCUT2D eigenvalue weighted by Crippen LogP contribution is 2.19. The number of carbonyl (C=O) groups is 1. The molecule has 0 aliphatic rings. The van der Waals surface area contributed by atoms with Crippen molar-refractivity contribution >= 4 is 17.0 Å². The van der Waals surface area contributed by atoms with E-state index >= 15 is 0 Å². The molecule has 2 aromatic rings. The lowest BCUT2D eigenvalue weighted by Crippen LogP contribution is -2.10. The largest absolute Gasteiger partial charge is 0.481 e. The van der Waals surface area contributed by atoms with Crippen LogP contribution in [0.15, 0.2) is 18.2 Å². The number of hydrogen-bond acceptors (Lipinski definition) is 2. The van der Waals surface area contributed by atoms with Gasteiger partial charge < -0.3 is 9.67 Å². The van der Waals surface area contributed by atoms with E-state index in [1.165, 1.54) is 5.56 Å². The molecular weight excluding hydrogens is 228 g/mol. The predicted octanol–water partition coefficient (Wildman–Crippen LogP) is 2.54. The summed E-state index contributed by atoms with van der Waals surface area (Å²) in [7, 11) is 1.98. The number of benzene rings is 1. The number of nitrogens with zero attached hydrogens (tertiary/aromatic N) is 2. The molecule has 1 aromatic heterocycles. The quantitative estimate of drug-likeness (QED) is 0.902. The Labute approximate surface area is 106 Å². The van der Waals surface area contributed by atoms with Gasteiger partial charge in [-0.1, -0.05) is 13.0 Å². The predicted molar refractivity (Wildman–Crippen MR) is 70.6 cm³/mol. The molecule has 0 aliphatic heterocycles. The van der Waals surface area contributed by atoms with E-state index in [0.717, 1.165) is 16.9 Å². The molecule has 4 heteroatoms. The van der Waals surface area contributed by atoms with Gasteiger partial charge >= 0.3 is 5.97 Å². The van der Waals surface area contributed by atoms with Crippen molar-refractivity contribution in [3.05, 3.63) is 29.6 Å². The fraction of sp³-hybridized carbons (Fsp3) is 0.429. The summed E-state index contributed by atoms with van der Waals surface area (Å²) >= 11 is 0. The minimum atomic E-state index is -0.753. The Balaban J connectivity index is 2.28.